The fraction of sp³-hybridized carbons (Fsp3) is 0.318. The van der Waals surface area contributed by atoms with Gasteiger partial charge in [-0.25, -0.2) is 9.97 Å². The van der Waals surface area contributed by atoms with E-state index in [2.05, 4.69) is 35.4 Å². The number of rotatable bonds is 4. The Morgan fingerprint density at radius 1 is 1.10 bits per heavy atom. The monoisotopic (exact) mass is 416 g/mol. The maximum atomic E-state index is 13.1. The summed E-state index contributed by atoms with van der Waals surface area (Å²) in [6.45, 7) is 7.68. The van der Waals surface area contributed by atoms with Crippen LogP contribution in [-0.4, -0.2) is 62.1 Å². The van der Waals surface area contributed by atoms with Crippen LogP contribution >= 0.6 is 0 Å². The van der Waals surface area contributed by atoms with E-state index >= 15 is 0 Å². The van der Waals surface area contributed by atoms with Gasteiger partial charge in [0.2, 0.25) is 5.78 Å². The molecule has 1 aliphatic heterocycles. The molecule has 3 N–H and O–H groups in total. The first-order valence-electron chi connectivity index (χ1n) is 10.5. The first-order valence-corrected chi connectivity index (χ1v) is 10.5. The molecule has 0 aliphatic carbocycles. The highest BCUT2D eigenvalue weighted by atomic mass is 16.1. The van der Waals surface area contributed by atoms with Crippen LogP contribution < -0.4 is 10.2 Å². The van der Waals surface area contributed by atoms with Crippen molar-refractivity contribution in [3.05, 3.63) is 53.2 Å². The second-order valence-electron chi connectivity index (χ2n) is 7.78. The molecule has 9 heteroatoms. The van der Waals surface area contributed by atoms with Crippen molar-refractivity contribution in [3.8, 4) is 11.3 Å². The molecule has 0 unspecified atom stereocenters. The summed E-state index contributed by atoms with van der Waals surface area (Å²) < 4.78 is 0. The third-order valence-corrected chi connectivity index (χ3v) is 5.61. The van der Waals surface area contributed by atoms with E-state index in [-0.39, 0.29) is 11.6 Å². The molecule has 5 rings (SSSR count). The van der Waals surface area contributed by atoms with Crippen molar-refractivity contribution in [2.75, 3.05) is 31.1 Å². The minimum atomic E-state index is -0.194. The molecule has 0 radical (unpaired) electrons. The Kier molecular flexibility index (Phi) is 4.95. The van der Waals surface area contributed by atoms with Gasteiger partial charge in [0, 0.05) is 42.7 Å². The molecule has 1 aliphatic rings. The third-order valence-electron chi connectivity index (χ3n) is 5.61. The van der Waals surface area contributed by atoms with E-state index in [1.807, 2.05) is 26.0 Å². The zero-order chi connectivity index (χ0) is 21.4. The van der Waals surface area contributed by atoms with Crippen LogP contribution in [0.15, 0.2) is 30.5 Å². The van der Waals surface area contributed by atoms with Gasteiger partial charge in [-0.2, -0.15) is 5.10 Å². The number of nitrogens with zero attached hydrogens (tertiary/aromatic N) is 5. The number of ketones is 1. The highest BCUT2D eigenvalue weighted by Gasteiger charge is 2.19. The number of aromatic nitrogens is 6. The SMILES string of the molecule is Cc1n[nH]c(C)c1-c1cc(C(=O)c2nc3ccc(N4CCCNCC4)nc3[nH]2)ccn1. The molecule has 31 heavy (non-hydrogen) atoms. The molecule has 1 saturated heterocycles. The third kappa shape index (κ3) is 3.68. The number of hydrogen-bond donors (Lipinski definition) is 3. The molecule has 0 atom stereocenters. The summed E-state index contributed by atoms with van der Waals surface area (Å²) in [6.07, 6.45) is 2.72. The molecule has 0 spiro atoms. The van der Waals surface area contributed by atoms with Crippen molar-refractivity contribution in [1.82, 2.24) is 35.5 Å². The second-order valence-corrected chi connectivity index (χ2v) is 7.78. The Morgan fingerprint density at radius 3 is 2.84 bits per heavy atom. The van der Waals surface area contributed by atoms with Crippen LogP contribution in [-0.2, 0) is 0 Å². The Balaban J connectivity index is 1.45. The van der Waals surface area contributed by atoms with E-state index in [4.69, 9.17) is 4.98 Å². The predicted octanol–water partition coefficient (Wildman–Crippen LogP) is 2.39. The van der Waals surface area contributed by atoms with Crippen molar-refractivity contribution >= 4 is 22.8 Å². The number of carbonyl (C=O) groups is 1. The predicted molar refractivity (Wildman–Crippen MR) is 118 cm³/mol. The highest BCUT2D eigenvalue weighted by molar-refractivity contribution is 6.08. The summed E-state index contributed by atoms with van der Waals surface area (Å²) in [5, 5.41) is 10.6. The molecule has 5 heterocycles. The lowest BCUT2D eigenvalue weighted by atomic mass is 10.1. The van der Waals surface area contributed by atoms with Gasteiger partial charge in [0.25, 0.3) is 0 Å². The molecule has 158 valence electrons. The van der Waals surface area contributed by atoms with Gasteiger partial charge in [-0.1, -0.05) is 0 Å². The van der Waals surface area contributed by atoms with Gasteiger partial charge in [-0.3, -0.25) is 14.9 Å². The molecule has 9 nitrogen and oxygen atoms in total. The van der Waals surface area contributed by atoms with Crippen molar-refractivity contribution in [1.29, 1.82) is 0 Å². The molecule has 4 aromatic rings. The molecule has 0 aromatic carbocycles. The molecule has 4 aromatic heterocycles. The summed E-state index contributed by atoms with van der Waals surface area (Å²) in [4.78, 5) is 32.2. The molecular weight excluding hydrogens is 392 g/mol. The fourth-order valence-electron chi connectivity index (χ4n) is 4.02. The average Bonchev–Trinajstić information content (AvgIpc) is 3.24. The molecule has 0 amide bonds. The summed E-state index contributed by atoms with van der Waals surface area (Å²) in [6, 6.07) is 7.37. The number of anilines is 1. The number of H-pyrrole nitrogens is 2. The minimum absolute atomic E-state index is 0.194. The van der Waals surface area contributed by atoms with E-state index < -0.39 is 0 Å². The topological polar surface area (TPSA) is 115 Å². The van der Waals surface area contributed by atoms with Crippen molar-refractivity contribution in [2.45, 2.75) is 20.3 Å². The van der Waals surface area contributed by atoms with Crippen LogP contribution in [0, 0.1) is 13.8 Å². The normalized spacial score (nSPS) is 14.7. The average molecular weight is 416 g/mol. The van der Waals surface area contributed by atoms with Crippen LogP contribution in [0.4, 0.5) is 5.82 Å². The largest absolute Gasteiger partial charge is 0.355 e. The van der Waals surface area contributed by atoms with Crippen LogP contribution in [0.5, 0.6) is 0 Å². The van der Waals surface area contributed by atoms with Crippen LogP contribution in [0.3, 0.4) is 0 Å². The first-order chi connectivity index (χ1) is 15.1. The number of nitrogens with one attached hydrogen (secondary N) is 3. The number of hydrogen-bond acceptors (Lipinski definition) is 7. The van der Waals surface area contributed by atoms with Crippen molar-refractivity contribution in [2.24, 2.45) is 0 Å². The van der Waals surface area contributed by atoms with Gasteiger partial charge in [-0.15, -0.1) is 0 Å². The highest BCUT2D eigenvalue weighted by Crippen LogP contribution is 2.25. The number of fused-ring (bicyclic) bond motifs is 1. The van der Waals surface area contributed by atoms with Crippen LogP contribution in [0.25, 0.3) is 22.4 Å². The fourth-order valence-corrected chi connectivity index (χ4v) is 4.02. The van der Waals surface area contributed by atoms with Gasteiger partial charge in [-0.05, 0) is 51.1 Å². The Labute approximate surface area is 179 Å². The zero-order valence-electron chi connectivity index (χ0n) is 17.6. The van der Waals surface area contributed by atoms with Crippen molar-refractivity contribution in [3.63, 3.8) is 0 Å². The lowest BCUT2D eigenvalue weighted by Crippen LogP contribution is -2.28. The molecule has 1 fully saturated rings. The summed E-state index contributed by atoms with van der Waals surface area (Å²) in [5.41, 5.74) is 5.20. The standard InChI is InChI=1S/C22H24N8O/c1-13-19(14(2)29-28-13)17-12-15(6-8-24-17)20(31)22-25-16-4-5-18(26-21(16)27-22)30-10-3-7-23-9-11-30/h4-6,8,12,23H,3,7,9-11H2,1-2H3,(H,28,29)(H,25,26,27). The van der Waals surface area contributed by atoms with Gasteiger partial charge >= 0.3 is 0 Å². The molecule has 0 saturated carbocycles. The van der Waals surface area contributed by atoms with E-state index in [0.717, 1.165) is 55.4 Å². The Hall–Kier alpha value is -3.59. The van der Waals surface area contributed by atoms with E-state index in [9.17, 15) is 4.79 Å². The van der Waals surface area contributed by atoms with Gasteiger partial charge in [0.1, 0.15) is 11.3 Å². The van der Waals surface area contributed by atoms with Crippen LogP contribution in [0.1, 0.15) is 34.0 Å². The van der Waals surface area contributed by atoms with Crippen molar-refractivity contribution < 1.29 is 4.79 Å². The molecular formula is C22H24N8O. The number of imidazole rings is 1. The molecule has 0 bridgehead atoms. The number of pyridine rings is 2. The summed E-state index contributed by atoms with van der Waals surface area (Å²) in [5.74, 6) is 0.979. The first kappa shape index (κ1) is 19.4. The van der Waals surface area contributed by atoms with E-state index in [1.54, 1.807) is 18.3 Å². The number of aryl methyl sites for hydroxylation is 2. The smallest absolute Gasteiger partial charge is 0.228 e. The van der Waals surface area contributed by atoms with E-state index in [1.165, 1.54) is 0 Å². The maximum Gasteiger partial charge on any atom is 0.228 e. The lowest BCUT2D eigenvalue weighted by molar-refractivity contribution is 0.103. The van der Waals surface area contributed by atoms with Gasteiger partial charge in [0.15, 0.2) is 11.5 Å². The minimum Gasteiger partial charge on any atom is -0.355 e. The van der Waals surface area contributed by atoms with Crippen LogP contribution in [0.2, 0.25) is 0 Å². The Bertz CT molecular complexity index is 1230. The van der Waals surface area contributed by atoms with Gasteiger partial charge < -0.3 is 15.2 Å². The lowest BCUT2D eigenvalue weighted by Gasteiger charge is -2.20. The zero-order valence-corrected chi connectivity index (χ0v) is 17.6. The van der Waals surface area contributed by atoms with E-state index in [0.29, 0.717) is 22.4 Å². The Morgan fingerprint density at radius 2 is 2.00 bits per heavy atom. The maximum absolute atomic E-state index is 13.1. The number of carbonyl (C=O) groups excluding carboxylic acids is 1. The number of aromatic amines is 2. The second kappa shape index (κ2) is 7.92. The summed E-state index contributed by atoms with van der Waals surface area (Å²) in [7, 11) is 0. The summed E-state index contributed by atoms with van der Waals surface area (Å²) >= 11 is 0. The quantitative estimate of drug-likeness (QED) is 0.438. The van der Waals surface area contributed by atoms with Gasteiger partial charge in [0.05, 0.1) is 11.4 Å².